The van der Waals surface area contributed by atoms with Crippen molar-refractivity contribution in [3.05, 3.63) is 82.4 Å². The van der Waals surface area contributed by atoms with Gasteiger partial charge in [0.05, 0.1) is 0 Å². The normalized spacial score (nSPS) is 13.1. The third kappa shape index (κ3) is 4.40. The smallest absolute Gasteiger partial charge is 0.262 e. The van der Waals surface area contributed by atoms with Crippen molar-refractivity contribution in [3.63, 3.8) is 0 Å². The van der Waals surface area contributed by atoms with Crippen molar-refractivity contribution in [3.8, 4) is 11.1 Å². The number of aryl methyl sites for hydroxylation is 2. The molecule has 4 nitrogen and oxygen atoms in total. The molecule has 0 aliphatic heterocycles. The van der Waals surface area contributed by atoms with Crippen LogP contribution in [0.3, 0.4) is 0 Å². The number of fused-ring (bicyclic) bond motifs is 1. The van der Waals surface area contributed by atoms with Crippen LogP contribution in [-0.4, -0.2) is 27.2 Å². The number of nitrogens with zero attached hydrogens (tertiary/aromatic N) is 1. The van der Waals surface area contributed by atoms with Crippen LogP contribution in [0.15, 0.2) is 65.6 Å². The van der Waals surface area contributed by atoms with Crippen LogP contribution in [0.25, 0.3) is 21.3 Å². The number of carbonyl (C=O) groups excluding carboxylic acids is 1. The van der Waals surface area contributed by atoms with E-state index in [-0.39, 0.29) is 5.91 Å². The highest BCUT2D eigenvalue weighted by molar-refractivity contribution is 7.99. The van der Waals surface area contributed by atoms with E-state index < -0.39 is 9.52 Å². The first-order valence-electron chi connectivity index (χ1n) is 9.89. The van der Waals surface area contributed by atoms with Crippen molar-refractivity contribution in [2.45, 2.75) is 25.3 Å². The fourth-order valence-electron chi connectivity index (χ4n) is 3.64. The van der Waals surface area contributed by atoms with Crippen LogP contribution >= 0.6 is 11.3 Å². The van der Waals surface area contributed by atoms with Gasteiger partial charge in [-0.15, -0.1) is 11.3 Å². The van der Waals surface area contributed by atoms with E-state index in [1.165, 1.54) is 11.3 Å². The van der Waals surface area contributed by atoms with E-state index in [2.05, 4.69) is 29.2 Å². The van der Waals surface area contributed by atoms with E-state index in [1.807, 2.05) is 61.5 Å². The van der Waals surface area contributed by atoms with Gasteiger partial charge < -0.3 is 5.32 Å². The number of amides is 1. The van der Waals surface area contributed by atoms with Gasteiger partial charge in [0.2, 0.25) is 0 Å². The highest BCUT2D eigenvalue weighted by atomic mass is 32.2. The Labute approximate surface area is 187 Å². The zero-order valence-electron chi connectivity index (χ0n) is 17.8. The third-order valence-electron chi connectivity index (χ3n) is 5.13. The minimum atomic E-state index is -2.25. The Kier molecular flexibility index (Phi) is 5.69. The second kappa shape index (κ2) is 8.29. The molecule has 2 heterocycles. The van der Waals surface area contributed by atoms with Crippen LogP contribution in [0.5, 0.6) is 0 Å². The minimum absolute atomic E-state index is 0.126. The Bertz CT molecular complexity index is 1370. The Hall–Kier alpha value is -2.96. The van der Waals surface area contributed by atoms with Gasteiger partial charge in [-0.25, -0.2) is 4.98 Å². The third-order valence-corrected chi connectivity index (χ3v) is 7.48. The lowest BCUT2D eigenvalue weighted by Gasteiger charge is -2.09. The monoisotopic (exact) mass is 448 g/mol. The molecule has 0 saturated carbocycles. The Morgan fingerprint density at radius 3 is 2.42 bits per heavy atom. The minimum Gasteiger partial charge on any atom is -0.347 e. The highest BCUT2D eigenvalue weighted by Gasteiger charge is 2.22. The molecule has 0 spiro atoms. The molecule has 31 heavy (non-hydrogen) atoms. The van der Waals surface area contributed by atoms with Gasteiger partial charge in [0, 0.05) is 34.3 Å². The summed E-state index contributed by atoms with van der Waals surface area (Å²) in [6, 6.07) is 19.4. The summed E-state index contributed by atoms with van der Waals surface area (Å²) in [5, 5.41) is 4.07. The van der Waals surface area contributed by atoms with Gasteiger partial charge in [-0.2, -0.15) is 0 Å². The number of hydrogen-bond acceptors (Lipinski definition) is 4. The zero-order chi connectivity index (χ0) is 22.2. The van der Waals surface area contributed by atoms with Gasteiger partial charge >= 0.3 is 0 Å². The highest BCUT2D eigenvalue weighted by Crippen LogP contribution is 2.39. The van der Waals surface area contributed by atoms with Crippen LogP contribution in [0, 0.1) is 13.8 Å². The quantitative estimate of drug-likeness (QED) is 0.426. The summed E-state index contributed by atoms with van der Waals surface area (Å²) in [7, 11) is -2.25. The van der Waals surface area contributed by atoms with Crippen molar-refractivity contribution < 1.29 is 9.00 Å². The molecule has 0 aliphatic carbocycles. The van der Waals surface area contributed by atoms with Crippen LogP contribution in [-0.2, 0) is 16.1 Å². The number of pyridine rings is 1. The number of aromatic nitrogens is 1. The molecule has 4 aromatic rings. The molecule has 4 rings (SSSR count). The molecule has 0 aliphatic rings. The lowest BCUT2D eigenvalue weighted by Crippen LogP contribution is -2.22. The summed E-state index contributed by atoms with van der Waals surface area (Å²) in [5.41, 5.74) is 4.93. The van der Waals surface area contributed by atoms with Crippen molar-refractivity contribution in [1.29, 1.82) is 0 Å². The van der Waals surface area contributed by atoms with Gasteiger partial charge in [-0.3, -0.25) is 9.00 Å². The Morgan fingerprint density at radius 1 is 1.10 bits per heavy atom. The summed E-state index contributed by atoms with van der Waals surface area (Å²) in [6.45, 7) is 4.42. The summed E-state index contributed by atoms with van der Waals surface area (Å²) >= 11 is 1.43. The molecule has 2 aromatic carbocycles. The maximum Gasteiger partial charge on any atom is 0.262 e. The van der Waals surface area contributed by atoms with E-state index in [9.17, 15) is 9.00 Å². The second-order valence-corrected chi connectivity index (χ2v) is 11.2. The number of hydrogen-bond donors (Lipinski definition) is 1. The van der Waals surface area contributed by atoms with Gasteiger partial charge in [-0.05, 0) is 64.1 Å². The van der Waals surface area contributed by atoms with E-state index in [0.717, 1.165) is 38.2 Å². The lowest BCUT2D eigenvalue weighted by atomic mass is 9.99. The average Bonchev–Trinajstić information content (AvgIpc) is 3.12. The fourth-order valence-corrected chi connectivity index (χ4v) is 5.59. The molecule has 2 aromatic heterocycles. The molecule has 1 amide bonds. The zero-order valence-corrected chi connectivity index (χ0v) is 19.4. The number of benzene rings is 2. The van der Waals surface area contributed by atoms with Crippen molar-refractivity contribution >= 4 is 42.9 Å². The lowest BCUT2D eigenvalue weighted by molar-refractivity contribution is 0.0955. The molecule has 1 unspecified atom stereocenters. The van der Waals surface area contributed by atoms with E-state index in [0.29, 0.717) is 16.3 Å². The fraction of sp³-hybridized carbons (Fsp3) is 0.160. The van der Waals surface area contributed by atoms with Crippen molar-refractivity contribution in [2.75, 3.05) is 6.26 Å². The largest absolute Gasteiger partial charge is 0.347 e. The number of thiophene rings is 1. The maximum atomic E-state index is 13.2. The van der Waals surface area contributed by atoms with Crippen molar-refractivity contribution in [1.82, 2.24) is 10.3 Å². The number of nitrogens with one attached hydrogen (secondary N) is 1. The summed E-state index contributed by atoms with van der Waals surface area (Å²) < 4.78 is 12.1. The van der Waals surface area contributed by atoms with Crippen LogP contribution in [0.2, 0.25) is 0 Å². The summed E-state index contributed by atoms with van der Waals surface area (Å²) in [6.07, 6.45) is 1.62. The first-order valence-corrected chi connectivity index (χ1v) is 12.8. The number of carbonyl (C=O) groups is 1. The summed E-state index contributed by atoms with van der Waals surface area (Å²) in [4.78, 5) is 20.1. The first-order chi connectivity index (χ1) is 14.7. The topological polar surface area (TPSA) is 59.1 Å². The molecular weight excluding hydrogens is 424 g/mol. The predicted molar refractivity (Wildman–Crippen MR) is 132 cm³/mol. The molecule has 6 heteroatoms. The van der Waals surface area contributed by atoms with Crippen LogP contribution < -0.4 is 5.32 Å². The average molecular weight is 449 g/mol. The number of rotatable bonds is 5. The molecule has 158 valence electrons. The van der Waals surface area contributed by atoms with Crippen LogP contribution in [0.1, 0.15) is 26.5 Å². The molecular formula is C25H24N2O2S2. The first kappa shape index (κ1) is 21.3. The molecule has 1 atom stereocenters. The van der Waals surface area contributed by atoms with Crippen LogP contribution in [0.4, 0.5) is 0 Å². The Balaban J connectivity index is 1.69. The van der Waals surface area contributed by atoms with Gasteiger partial charge in [0.25, 0.3) is 5.91 Å². The standard InChI is InChI=1S/C25H24N2O2S2/c1-16-14-17(2)27-25-21(16)22(19-8-6-5-7-9-19)23(30-25)24(28)26-15-18-10-12-20(13-11-18)31(3,4)29/h5-14H,3,15H2,1-2,4H3,(H,26,28). The molecule has 0 radical (unpaired) electrons. The summed E-state index contributed by atoms with van der Waals surface area (Å²) in [5.74, 6) is 3.58. The van der Waals surface area contributed by atoms with Gasteiger partial charge in [0.1, 0.15) is 9.71 Å². The van der Waals surface area contributed by atoms with E-state index >= 15 is 0 Å². The maximum absolute atomic E-state index is 13.2. The van der Waals surface area contributed by atoms with Gasteiger partial charge in [-0.1, -0.05) is 42.5 Å². The molecule has 0 bridgehead atoms. The second-order valence-electron chi connectivity index (χ2n) is 7.76. The Morgan fingerprint density at radius 2 is 1.77 bits per heavy atom. The molecule has 1 N–H and O–H groups in total. The van der Waals surface area contributed by atoms with E-state index in [1.54, 1.807) is 6.26 Å². The SMILES string of the molecule is C=S(C)(=O)c1ccc(CNC(=O)c2sc3nc(C)cc(C)c3c2-c2ccccc2)cc1. The molecule has 0 saturated heterocycles. The van der Waals surface area contributed by atoms with Gasteiger partial charge in [0.15, 0.2) is 0 Å². The van der Waals surface area contributed by atoms with E-state index in [4.69, 9.17) is 0 Å². The molecule has 0 fully saturated rings. The van der Waals surface area contributed by atoms with Crippen molar-refractivity contribution in [2.24, 2.45) is 0 Å². The predicted octanol–water partition coefficient (Wildman–Crippen LogP) is 5.22.